The predicted octanol–water partition coefficient (Wildman–Crippen LogP) is 1.64. The number of halogens is 1. The van der Waals surface area contributed by atoms with Crippen molar-refractivity contribution in [2.45, 2.75) is 0 Å². The van der Waals surface area contributed by atoms with Gasteiger partial charge in [-0.05, 0) is 6.07 Å². The summed E-state index contributed by atoms with van der Waals surface area (Å²) < 4.78 is 22.2. The molecule has 0 aromatic heterocycles. The van der Waals surface area contributed by atoms with E-state index in [0.29, 0.717) is 5.75 Å². The van der Waals surface area contributed by atoms with Gasteiger partial charge in [-0.2, -0.15) is 0 Å². The molecule has 0 aliphatic carbocycles. The van der Waals surface area contributed by atoms with Crippen LogP contribution in [0.15, 0.2) is 12.1 Å². The molecule has 1 aromatic rings. The molecule has 0 saturated heterocycles. The van der Waals surface area contributed by atoms with Crippen LogP contribution in [0.1, 0.15) is 0 Å². The van der Waals surface area contributed by atoms with Crippen LogP contribution in [-0.2, 0) is 0 Å². The van der Waals surface area contributed by atoms with Crippen molar-refractivity contribution in [3.8, 4) is 11.5 Å². The van der Waals surface area contributed by atoms with Crippen LogP contribution in [0.3, 0.4) is 0 Å². The van der Waals surface area contributed by atoms with E-state index in [0.717, 1.165) is 0 Å². The fourth-order valence-corrected chi connectivity index (χ4v) is 0.710. The highest BCUT2D eigenvalue weighted by Gasteiger charge is 2.02. The fraction of sp³-hybridized carbons (Fsp3) is 0.250. The lowest BCUT2D eigenvalue weighted by Gasteiger charge is -2.03. The number of benzene rings is 1. The molecule has 0 fully saturated rings. The number of ether oxygens (including phenoxy) is 2. The largest absolute Gasteiger partial charge is 0.496 e. The lowest BCUT2D eigenvalue weighted by atomic mass is 10.3. The van der Waals surface area contributed by atoms with Crippen LogP contribution in [0.25, 0.3) is 0 Å². The van der Waals surface area contributed by atoms with Gasteiger partial charge >= 0.3 is 0 Å². The monoisotopic (exact) mass is 155 g/mol. The Morgan fingerprint density at radius 3 is 2.64 bits per heavy atom. The minimum absolute atomic E-state index is 0.167. The van der Waals surface area contributed by atoms with Gasteiger partial charge in [0, 0.05) is 12.1 Å². The average molecular weight is 155 g/mol. The van der Waals surface area contributed by atoms with Gasteiger partial charge in [0.25, 0.3) is 0 Å². The van der Waals surface area contributed by atoms with Crippen LogP contribution in [-0.4, -0.2) is 14.2 Å². The molecular weight excluding hydrogens is 147 g/mol. The SMILES string of the molecule is COc1[c]cc(F)c(OC)c1. The van der Waals surface area contributed by atoms with E-state index in [1.807, 2.05) is 0 Å². The Balaban J connectivity index is 3.02. The number of hydrogen-bond donors (Lipinski definition) is 0. The summed E-state index contributed by atoms with van der Waals surface area (Å²) in [6, 6.07) is 5.20. The fourth-order valence-electron chi connectivity index (χ4n) is 0.710. The van der Waals surface area contributed by atoms with Crippen molar-refractivity contribution in [1.29, 1.82) is 0 Å². The normalized spacial score (nSPS) is 9.36. The van der Waals surface area contributed by atoms with Crippen molar-refractivity contribution in [3.63, 3.8) is 0 Å². The Morgan fingerprint density at radius 1 is 1.36 bits per heavy atom. The van der Waals surface area contributed by atoms with Crippen LogP contribution >= 0.6 is 0 Å². The van der Waals surface area contributed by atoms with E-state index >= 15 is 0 Å². The molecule has 3 heteroatoms. The summed E-state index contributed by atoms with van der Waals surface area (Å²) in [5.74, 6) is 0.192. The summed E-state index contributed by atoms with van der Waals surface area (Å²) in [7, 11) is 2.89. The molecule has 59 valence electrons. The van der Waals surface area contributed by atoms with E-state index < -0.39 is 5.82 Å². The molecule has 1 rings (SSSR count). The molecule has 0 heterocycles. The Hall–Kier alpha value is -1.25. The minimum atomic E-state index is -0.437. The summed E-state index contributed by atoms with van der Waals surface area (Å²) in [5, 5.41) is 0. The van der Waals surface area contributed by atoms with Gasteiger partial charge in [0.2, 0.25) is 0 Å². The third-order valence-electron chi connectivity index (χ3n) is 1.28. The van der Waals surface area contributed by atoms with Crippen LogP contribution < -0.4 is 9.47 Å². The minimum Gasteiger partial charge on any atom is -0.496 e. The van der Waals surface area contributed by atoms with Crippen molar-refractivity contribution in [2.75, 3.05) is 14.2 Å². The third kappa shape index (κ3) is 1.61. The topological polar surface area (TPSA) is 18.5 Å². The van der Waals surface area contributed by atoms with E-state index in [1.165, 1.54) is 26.4 Å². The van der Waals surface area contributed by atoms with Gasteiger partial charge in [-0.1, -0.05) is 0 Å². The van der Waals surface area contributed by atoms with Crippen molar-refractivity contribution in [3.05, 3.63) is 24.0 Å². The first kappa shape index (κ1) is 7.85. The first-order chi connectivity index (χ1) is 5.27. The molecule has 0 aliphatic rings. The van der Waals surface area contributed by atoms with Crippen LogP contribution in [0, 0.1) is 11.9 Å². The number of hydrogen-bond acceptors (Lipinski definition) is 2. The lowest BCUT2D eigenvalue weighted by Crippen LogP contribution is -1.89. The van der Waals surface area contributed by atoms with Gasteiger partial charge < -0.3 is 9.47 Å². The Labute approximate surface area is 64.6 Å². The van der Waals surface area contributed by atoms with Crippen LogP contribution in [0.2, 0.25) is 0 Å². The molecular formula is C8H8FO2. The van der Waals surface area contributed by atoms with E-state index in [2.05, 4.69) is 6.07 Å². The second-order valence-electron chi connectivity index (χ2n) is 1.92. The molecule has 0 amide bonds. The van der Waals surface area contributed by atoms with Gasteiger partial charge in [0.15, 0.2) is 11.6 Å². The smallest absolute Gasteiger partial charge is 0.165 e. The van der Waals surface area contributed by atoms with Crippen LogP contribution in [0.4, 0.5) is 4.39 Å². The zero-order valence-electron chi connectivity index (χ0n) is 6.35. The van der Waals surface area contributed by atoms with Crippen molar-refractivity contribution < 1.29 is 13.9 Å². The lowest BCUT2D eigenvalue weighted by molar-refractivity contribution is 0.373. The Bertz CT molecular complexity index is 248. The third-order valence-corrected chi connectivity index (χ3v) is 1.28. The molecule has 1 aromatic carbocycles. The molecule has 0 aliphatic heterocycles. The van der Waals surface area contributed by atoms with E-state index in [9.17, 15) is 4.39 Å². The maximum Gasteiger partial charge on any atom is 0.165 e. The van der Waals surface area contributed by atoms with Gasteiger partial charge in [0.05, 0.1) is 14.2 Å². The first-order valence-corrected chi connectivity index (χ1v) is 3.07. The van der Waals surface area contributed by atoms with Crippen molar-refractivity contribution in [2.24, 2.45) is 0 Å². The Kier molecular flexibility index (Phi) is 2.31. The molecule has 0 saturated carbocycles. The molecule has 0 atom stereocenters. The van der Waals surface area contributed by atoms with Gasteiger partial charge in [0.1, 0.15) is 5.75 Å². The highest BCUT2D eigenvalue weighted by atomic mass is 19.1. The zero-order valence-corrected chi connectivity index (χ0v) is 6.35. The highest BCUT2D eigenvalue weighted by Crippen LogP contribution is 2.21. The van der Waals surface area contributed by atoms with Gasteiger partial charge in [-0.3, -0.25) is 0 Å². The van der Waals surface area contributed by atoms with Crippen LogP contribution in [0.5, 0.6) is 11.5 Å². The molecule has 2 nitrogen and oxygen atoms in total. The van der Waals surface area contributed by atoms with Gasteiger partial charge in [-0.25, -0.2) is 4.39 Å². The average Bonchev–Trinajstić information content (AvgIpc) is 2.05. The quantitative estimate of drug-likeness (QED) is 0.646. The van der Waals surface area contributed by atoms with Crippen molar-refractivity contribution in [1.82, 2.24) is 0 Å². The number of methoxy groups -OCH3 is 2. The molecule has 1 radical (unpaired) electrons. The first-order valence-electron chi connectivity index (χ1n) is 3.07. The van der Waals surface area contributed by atoms with Gasteiger partial charge in [-0.15, -0.1) is 0 Å². The van der Waals surface area contributed by atoms with E-state index in [4.69, 9.17) is 9.47 Å². The zero-order chi connectivity index (χ0) is 8.27. The predicted molar refractivity (Wildman–Crippen MR) is 38.3 cm³/mol. The molecule has 0 spiro atoms. The molecule has 0 bridgehead atoms. The van der Waals surface area contributed by atoms with E-state index in [-0.39, 0.29) is 5.75 Å². The van der Waals surface area contributed by atoms with E-state index in [1.54, 1.807) is 0 Å². The Morgan fingerprint density at radius 2 is 2.09 bits per heavy atom. The maximum atomic E-state index is 12.7. The molecule has 11 heavy (non-hydrogen) atoms. The summed E-state index contributed by atoms with van der Waals surface area (Å²) in [5.41, 5.74) is 0. The number of rotatable bonds is 2. The van der Waals surface area contributed by atoms with Crippen molar-refractivity contribution >= 4 is 0 Å². The summed E-state index contributed by atoms with van der Waals surface area (Å²) in [4.78, 5) is 0. The summed E-state index contributed by atoms with van der Waals surface area (Å²) in [6.07, 6.45) is 0. The molecule has 0 unspecified atom stereocenters. The standard InChI is InChI=1S/C8H8FO2/c1-10-6-3-4-7(9)8(5-6)11-2/h4-5H,1-2H3. The second kappa shape index (κ2) is 3.23. The molecule has 0 N–H and O–H groups in total. The summed E-state index contributed by atoms with van der Waals surface area (Å²) >= 11 is 0. The second-order valence-corrected chi connectivity index (χ2v) is 1.92. The maximum absolute atomic E-state index is 12.7. The highest BCUT2D eigenvalue weighted by molar-refractivity contribution is 5.33. The summed E-state index contributed by atoms with van der Waals surface area (Å²) in [6.45, 7) is 0.